The fourth-order valence-corrected chi connectivity index (χ4v) is 2.99. The van der Waals surface area contributed by atoms with Gasteiger partial charge < -0.3 is 16.0 Å². The molecule has 1 aliphatic heterocycles. The highest BCUT2D eigenvalue weighted by Crippen LogP contribution is 2.16. The third-order valence-corrected chi connectivity index (χ3v) is 4.27. The molecular formula is C17H36N4. The number of guanidine groups is 1. The highest BCUT2D eigenvalue weighted by molar-refractivity contribution is 5.77. The van der Waals surface area contributed by atoms with E-state index < -0.39 is 0 Å². The van der Waals surface area contributed by atoms with Crippen molar-refractivity contribution >= 4 is 5.96 Å². The Morgan fingerprint density at radius 1 is 1.14 bits per heavy atom. The summed E-state index contributed by atoms with van der Waals surface area (Å²) in [6.07, 6.45) is 10.4. The van der Waals surface area contributed by atoms with E-state index in [0.29, 0.717) is 11.9 Å². The second kappa shape index (κ2) is 11.8. The molecule has 1 aliphatic rings. The van der Waals surface area contributed by atoms with Gasteiger partial charge >= 0.3 is 0 Å². The lowest BCUT2D eigenvalue weighted by Crippen LogP contribution is -2.33. The number of nitrogens with one attached hydrogen (secondary N) is 1. The van der Waals surface area contributed by atoms with Crippen molar-refractivity contribution < 1.29 is 0 Å². The molecule has 124 valence electrons. The van der Waals surface area contributed by atoms with Gasteiger partial charge in [-0.15, -0.1) is 0 Å². The number of hydrogen-bond acceptors (Lipinski definition) is 2. The summed E-state index contributed by atoms with van der Waals surface area (Å²) < 4.78 is 0. The summed E-state index contributed by atoms with van der Waals surface area (Å²) in [6, 6.07) is 0. The van der Waals surface area contributed by atoms with Crippen molar-refractivity contribution in [2.45, 2.75) is 65.2 Å². The summed E-state index contributed by atoms with van der Waals surface area (Å²) in [5, 5.41) is 3.25. The van der Waals surface area contributed by atoms with Crippen molar-refractivity contribution in [1.82, 2.24) is 10.2 Å². The van der Waals surface area contributed by atoms with E-state index in [1.807, 2.05) is 0 Å². The minimum Gasteiger partial charge on any atom is -0.370 e. The van der Waals surface area contributed by atoms with Gasteiger partial charge in [-0.3, -0.25) is 4.99 Å². The van der Waals surface area contributed by atoms with Crippen LogP contribution in [0, 0.1) is 5.92 Å². The summed E-state index contributed by atoms with van der Waals surface area (Å²) in [6.45, 7) is 10.0. The zero-order valence-corrected chi connectivity index (χ0v) is 14.2. The fourth-order valence-electron chi connectivity index (χ4n) is 2.99. The highest BCUT2D eigenvalue weighted by atomic mass is 15.2. The van der Waals surface area contributed by atoms with Crippen LogP contribution in [0.4, 0.5) is 0 Å². The molecule has 0 aromatic carbocycles. The first-order valence-electron chi connectivity index (χ1n) is 9.02. The molecule has 1 fully saturated rings. The van der Waals surface area contributed by atoms with Crippen molar-refractivity contribution in [1.29, 1.82) is 0 Å². The molecule has 1 unspecified atom stereocenters. The summed E-state index contributed by atoms with van der Waals surface area (Å²) in [5.74, 6) is 1.34. The Balaban J connectivity index is 2.00. The van der Waals surface area contributed by atoms with Gasteiger partial charge in [0.1, 0.15) is 0 Å². The number of aliphatic imine (C=N–C) groups is 1. The van der Waals surface area contributed by atoms with Gasteiger partial charge in [-0.1, -0.05) is 46.0 Å². The number of nitrogens with two attached hydrogens (primary N) is 1. The number of hydrogen-bond donors (Lipinski definition) is 2. The Kier molecular flexibility index (Phi) is 10.3. The van der Waals surface area contributed by atoms with Gasteiger partial charge in [-0.2, -0.15) is 0 Å². The van der Waals surface area contributed by atoms with Crippen LogP contribution in [0.1, 0.15) is 65.2 Å². The SMILES string of the molecule is CCCCCCCCNC(N)=NCC1CCN(CCC)C1. The van der Waals surface area contributed by atoms with Crippen LogP contribution in [0.25, 0.3) is 0 Å². The third kappa shape index (κ3) is 8.97. The molecule has 0 bridgehead atoms. The number of likely N-dealkylation sites (tertiary alicyclic amines) is 1. The van der Waals surface area contributed by atoms with Crippen LogP contribution in [0.3, 0.4) is 0 Å². The predicted molar refractivity (Wildman–Crippen MR) is 92.7 cm³/mol. The molecule has 1 heterocycles. The first kappa shape index (κ1) is 18.3. The van der Waals surface area contributed by atoms with E-state index in [2.05, 4.69) is 29.1 Å². The molecule has 0 aromatic rings. The van der Waals surface area contributed by atoms with Gasteiger partial charge in [0.15, 0.2) is 5.96 Å². The van der Waals surface area contributed by atoms with Gasteiger partial charge in [0.2, 0.25) is 0 Å². The first-order valence-corrected chi connectivity index (χ1v) is 9.02. The second-order valence-corrected chi connectivity index (χ2v) is 6.38. The molecule has 4 heteroatoms. The smallest absolute Gasteiger partial charge is 0.188 e. The summed E-state index contributed by atoms with van der Waals surface area (Å²) >= 11 is 0. The van der Waals surface area contributed by atoms with Crippen LogP contribution in [-0.2, 0) is 0 Å². The maximum atomic E-state index is 5.93. The fraction of sp³-hybridized carbons (Fsp3) is 0.941. The minimum absolute atomic E-state index is 0.637. The van der Waals surface area contributed by atoms with Gasteiger partial charge in [0, 0.05) is 19.6 Å². The maximum Gasteiger partial charge on any atom is 0.188 e. The van der Waals surface area contributed by atoms with Crippen molar-refractivity contribution in [3.05, 3.63) is 0 Å². The lowest BCUT2D eigenvalue weighted by atomic mass is 10.1. The Hall–Kier alpha value is -0.770. The van der Waals surface area contributed by atoms with E-state index in [4.69, 9.17) is 5.73 Å². The summed E-state index contributed by atoms with van der Waals surface area (Å²) in [7, 11) is 0. The monoisotopic (exact) mass is 296 g/mol. The van der Waals surface area contributed by atoms with Crippen LogP contribution in [0.2, 0.25) is 0 Å². The highest BCUT2D eigenvalue weighted by Gasteiger charge is 2.21. The van der Waals surface area contributed by atoms with E-state index in [9.17, 15) is 0 Å². The van der Waals surface area contributed by atoms with Gasteiger partial charge in [-0.05, 0) is 38.3 Å². The van der Waals surface area contributed by atoms with Gasteiger partial charge in [0.05, 0.1) is 0 Å². The molecule has 3 N–H and O–H groups in total. The Labute approximate surface area is 131 Å². The van der Waals surface area contributed by atoms with Crippen molar-refractivity contribution in [3.8, 4) is 0 Å². The average Bonchev–Trinajstić information content (AvgIpc) is 2.92. The molecule has 21 heavy (non-hydrogen) atoms. The largest absolute Gasteiger partial charge is 0.370 e. The number of unbranched alkanes of at least 4 members (excludes halogenated alkanes) is 5. The standard InChI is InChI=1S/C17H36N4/c1-3-5-6-7-8-9-11-19-17(18)20-14-16-10-13-21(15-16)12-4-2/h16H,3-15H2,1-2H3,(H3,18,19,20). The molecule has 0 aliphatic carbocycles. The molecule has 0 saturated carbocycles. The van der Waals surface area contributed by atoms with Gasteiger partial charge in [0.25, 0.3) is 0 Å². The Bertz CT molecular complexity index is 278. The number of rotatable bonds is 11. The van der Waals surface area contributed by atoms with E-state index in [-0.39, 0.29) is 0 Å². The predicted octanol–water partition coefficient (Wildman–Crippen LogP) is 2.98. The summed E-state index contributed by atoms with van der Waals surface area (Å²) in [4.78, 5) is 7.05. The van der Waals surface area contributed by atoms with E-state index in [0.717, 1.165) is 13.1 Å². The molecular weight excluding hydrogens is 260 g/mol. The Morgan fingerprint density at radius 2 is 1.90 bits per heavy atom. The quantitative estimate of drug-likeness (QED) is 0.350. The second-order valence-electron chi connectivity index (χ2n) is 6.38. The van der Waals surface area contributed by atoms with Crippen LogP contribution < -0.4 is 11.1 Å². The molecule has 0 amide bonds. The zero-order chi connectivity index (χ0) is 15.3. The number of nitrogens with zero attached hydrogens (tertiary/aromatic N) is 2. The third-order valence-electron chi connectivity index (χ3n) is 4.27. The van der Waals surface area contributed by atoms with Crippen LogP contribution >= 0.6 is 0 Å². The van der Waals surface area contributed by atoms with E-state index >= 15 is 0 Å². The molecule has 0 aromatic heterocycles. The Morgan fingerprint density at radius 3 is 2.67 bits per heavy atom. The normalized spacial score (nSPS) is 20.1. The van der Waals surface area contributed by atoms with Crippen LogP contribution in [0.5, 0.6) is 0 Å². The topological polar surface area (TPSA) is 53.6 Å². The first-order chi connectivity index (χ1) is 10.3. The minimum atomic E-state index is 0.637. The van der Waals surface area contributed by atoms with Crippen molar-refractivity contribution in [2.24, 2.45) is 16.6 Å². The van der Waals surface area contributed by atoms with E-state index in [1.54, 1.807) is 0 Å². The van der Waals surface area contributed by atoms with Crippen LogP contribution in [-0.4, -0.2) is 43.6 Å². The van der Waals surface area contributed by atoms with Crippen molar-refractivity contribution in [3.63, 3.8) is 0 Å². The molecule has 1 saturated heterocycles. The zero-order valence-electron chi connectivity index (χ0n) is 14.2. The average molecular weight is 297 g/mol. The molecule has 0 spiro atoms. The lowest BCUT2D eigenvalue weighted by Gasteiger charge is -2.13. The maximum absolute atomic E-state index is 5.93. The van der Waals surface area contributed by atoms with Gasteiger partial charge in [-0.25, -0.2) is 0 Å². The van der Waals surface area contributed by atoms with Crippen LogP contribution in [0.15, 0.2) is 4.99 Å². The molecule has 0 radical (unpaired) electrons. The molecule has 4 nitrogen and oxygen atoms in total. The summed E-state index contributed by atoms with van der Waals surface area (Å²) in [5.41, 5.74) is 5.93. The molecule has 1 atom stereocenters. The van der Waals surface area contributed by atoms with Crippen molar-refractivity contribution in [2.75, 3.05) is 32.7 Å². The lowest BCUT2D eigenvalue weighted by molar-refractivity contribution is 0.326. The van der Waals surface area contributed by atoms with E-state index in [1.165, 1.54) is 71.0 Å². The molecule has 1 rings (SSSR count).